The number of nitrogens with zero attached hydrogens (tertiary/aromatic N) is 2. The van der Waals surface area contributed by atoms with Crippen LogP contribution in [0.2, 0.25) is 0 Å². The molecule has 2 heterocycles. The number of fused-ring (bicyclic) bond motifs is 1. The molecular weight excluding hydrogens is 320 g/mol. The minimum atomic E-state index is -0.840. The van der Waals surface area contributed by atoms with Crippen LogP contribution in [0.15, 0.2) is 60.8 Å². The second kappa shape index (κ2) is 6.53. The second-order valence-corrected chi connectivity index (χ2v) is 5.83. The van der Waals surface area contributed by atoms with Crippen molar-refractivity contribution in [3.05, 3.63) is 89.1 Å². The van der Waals surface area contributed by atoms with Crippen LogP contribution in [0.3, 0.4) is 0 Å². The Bertz CT molecular complexity index is 952. The van der Waals surface area contributed by atoms with Crippen LogP contribution < -0.4 is 5.32 Å². The zero-order valence-electron chi connectivity index (χ0n) is 13.3. The zero-order chi connectivity index (χ0) is 17.2. The van der Waals surface area contributed by atoms with Crippen LogP contribution in [0.25, 0.3) is 16.8 Å². The maximum absolute atomic E-state index is 14.3. The van der Waals surface area contributed by atoms with Gasteiger partial charge in [-0.2, -0.15) is 10.2 Å². The Labute approximate surface area is 144 Å². The SMILES string of the molecule is Fc1cccc(C2=CCNCc3cc(-c4cccnn4)ccc32)c1F. The second-order valence-electron chi connectivity index (χ2n) is 5.83. The summed E-state index contributed by atoms with van der Waals surface area (Å²) in [6, 6.07) is 13.9. The highest BCUT2D eigenvalue weighted by atomic mass is 19.2. The lowest BCUT2D eigenvalue weighted by Gasteiger charge is -2.13. The van der Waals surface area contributed by atoms with Gasteiger partial charge in [-0.05, 0) is 41.0 Å². The maximum Gasteiger partial charge on any atom is 0.166 e. The molecule has 0 atom stereocenters. The molecule has 1 aliphatic rings. The third kappa shape index (κ3) is 2.94. The van der Waals surface area contributed by atoms with Crippen LogP contribution >= 0.6 is 0 Å². The molecule has 3 nitrogen and oxygen atoms in total. The van der Waals surface area contributed by atoms with E-state index in [1.54, 1.807) is 12.3 Å². The smallest absolute Gasteiger partial charge is 0.166 e. The first-order valence-electron chi connectivity index (χ1n) is 8.00. The van der Waals surface area contributed by atoms with Crippen LogP contribution in [-0.2, 0) is 6.54 Å². The molecule has 0 unspecified atom stereocenters. The van der Waals surface area contributed by atoms with Crippen molar-refractivity contribution < 1.29 is 8.78 Å². The van der Waals surface area contributed by atoms with Crippen molar-refractivity contribution in [3.63, 3.8) is 0 Å². The predicted octanol–water partition coefficient (Wildman–Crippen LogP) is 3.96. The maximum atomic E-state index is 14.3. The lowest BCUT2D eigenvalue weighted by Crippen LogP contribution is -2.11. The first-order valence-corrected chi connectivity index (χ1v) is 8.00. The van der Waals surface area contributed by atoms with Gasteiger partial charge in [-0.25, -0.2) is 8.78 Å². The van der Waals surface area contributed by atoms with E-state index in [9.17, 15) is 8.78 Å². The molecule has 2 aromatic carbocycles. The van der Waals surface area contributed by atoms with E-state index in [0.29, 0.717) is 18.7 Å². The molecule has 0 radical (unpaired) electrons. The average molecular weight is 335 g/mol. The van der Waals surface area contributed by atoms with Gasteiger partial charge in [0.05, 0.1) is 5.69 Å². The summed E-state index contributed by atoms with van der Waals surface area (Å²) in [4.78, 5) is 0. The number of rotatable bonds is 2. The highest BCUT2D eigenvalue weighted by Gasteiger charge is 2.18. The van der Waals surface area contributed by atoms with Crippen LogP contribution in [0.5, 0.6) is 0 Å². The summed E-state index contributed by atoms with van der Waals surface area (Å²) in [5, 5.41) is 11.3. The van der Waals surface area contributed by atoms with E-state index >= 15 is 0 Å². The zero-order valence-corrected chi connectivity index (χ0v) is 13.3. The van der Waals surface area contributed by atoms with Crippen LogP contribution in [0.1, 0.15) is 16.7 Å². The van der Waals surface area contributed by atoms with Gasteiger partial charge >= 0.3 is 0 Å². The summed E-state index contributed by atoms with van der Waals surface area (Å²) in [5.74, 6) is -1.66. The van der Waals surface area contributed by atoms with E-state index in [1.165, 1.54) is 6.07 Å². The van der Waals surface area contributed by atoms with Crippen molar-refractivity contribution in [2.24, 2.45) is 0 Å². The third-order valence-corrected chi connectivity index (χ3v) is 4.27. The molecule has 25 heavy (non-hydrogen) atoms. The third-order valence-electron chi connectivity index (χ3n) is 4.27. The van der Waals surface area contributed by atoms with Gasteiger partial charge in [0.2, 0.25) is 0 Å². The summed E-state index contributed by atoms with van der Waals surface area (Å²) in [6.45, 7) is 1.22. The van der Waals surface area contributed by atoms with E-state index in [4.69, 9.17) is 0 Å². The molecule has 3 aromatic rings. The Morgan fingerprint density at radius 3 is 2.72 bits per heavy atom. The molecule has 0 fully saturated rings. The summed E-state index contributed by atoms with van der Waals surface area (Å²) < 4.78 is 28.0. The molecular formula is C20H15F2N3. The Morgan fingerprint density at radius 1 is 0.960 bits per heavy atom. The lowest BCUT2D eigenvalue weighted by atomic mass is 9.92. The molecule has 0 bridgehead atoms. The minimum Gasteiger partial charge on any atom is -0.309 e. The average Bonchev–Trinajstić information content (AvgIpc) is 2.86. The van der Waals surface area contributed by atoms with E-state index < -0.39 is 11.6 Å². The summed E-state index contributed by atoms with van der Waals surface area (Å²) in [7, 11) is 0. The summed E-state index contributed by atoms with van der Waals surface area (Å²) in [6.07, 6.45) is 3.52. The van der Waals surface area contributed by atoms with Gasteiger partial charge in [0.25, 0.3) is 0 Å². The van der Waals surface area contributed by atoms with Gasteiger partial charge in [-0.1, -0.05) is 30.3 Å². The van der Waals surface area contributed by atoms with Gasteiger partial charge in [-0.3, -0.25) is 0 Å². The molecule has 0 saturated heterocycles. The van der Waals surface area contributed by atoms with E-state index in [2.05, 4.69) is 15.5 Å². The number of nitrogens with one attached hydrogen (secondary N) is 1. The standard InChI is InChI=1S/C20H15F2N3/c21-18-4-1-3-17(20(18)22)16-8-10-23-12-14-11-13(6-7-15(14)16)19-5-2-9-24-25-19/h1-9,11,23H,10,12H2. The largest absolute Gasteiger partial charge is 0.309 e. The van der Waals surface area contributed by atoms with Crippen molar-refractivity contribution >= 4 is 5.57 Å². The van der Waals surface area contributed by atoms with E-state index in [1.807, 2.05) is 36.4 Å². The molecule has 1 aromatic heterocycles. The van der Waals surface area contributed by atoms with Gasteiger partial charge in [0.1, 0.15) is 0 Å². The number of benzene rings is 2. The van der Waals surface area contributed by atoms with Crippen LogP contribution in [0, 0.1) is 11.6 Å². The molecule has 4 rings (SSSR count). The fourth-order valence-electron chi connectivity index (χ4n) is 3.08. The normalized spacial score (nSPS) is 13.8. The quantitative estimate of drug-likeness (QED) is 0.770. The Hall–Kier alpha value is -2.92. The van der Waals surface area contributed by atoms with Crippen molar-refractivity contribution in [3.8, 4) is 11.3 Å². The van der Waals surface area contributed by atoms with Gasteiger partial charge in [0, 0.05) is 30.4 Å². The monoisotopic (exact) mass is 335 g/mol. The van der Waals surface area contributed by atoms with Crippen LogP contribution in [-0.4, -0.2) is 16.7 Å². The van der Waals surface area contributed by atoms with E-state index in [-0.39, 0.29) is 5.56 Å². The van der Waals surface area contributed by atoms with Crippen molar-refractivity contribution in [1.29, 1.82) is 0 Å². The molecule has 5 heteroatoms. The highest BCUT2D eigenvalue weighted by molar-refractivity contribution is 5.83. The number of hydrogen-bond donors (Lipinski definition) is 1. The predicted molar refractivity (Wildman–Crippen MR) is 92.6 cm³/mol. The Kier molecular flexibility index (Phi) is 4.07. The van der Waals surface area contributed by atoms with Crippen molar-refractivity contribution in [2.45, 2.75) is 6.54 Å². The summed E-state index contributed by atoms with van der Waals surface area (Å²) in [5.41, 5.74) is 4.59. The minimum absolute atomic E-state index is 0.275. The fraction of sp³-hybridized carbons (Fsp3) is 0.100. The molecule has 0 spiro atoms. The Balaban J connectivity index is 1.83. The fourth-order valence-corrected chi connectivity index (χ4v) is 3.08. The van der Waals surface area contributed by atoms with Crippen LogP contribution in [0.4, 0.5) is 8.78 Å². The molecule has 0 amide bonds. The van der Waals surface area contributed by atoms with Crippen molar-refractivity contribution in [1.82, 2.24) is 15.5 Å². The first-order chi connectivity index (χ1) is 12.2. The number of aromatic nitrogens is 2. The molecule has 124 valence electrons. The van der Waals surface area contributed by atoms with Gasteiger partial charge < -0.3 is 5.32 Å². The Morgan fingerprint density at radius 2 is 1.88 bits per heavy atom. The number of hydrogen-bond acceptors (Lipinski definition) is 3. The topological polar surface area (TPSA) is 37.8 Å². The molecule has 0 saturated carbocycles. The lowest BCUT2D eigenvalue weighted by molar-refractivity contribution is 0.506. The molecule has 1 N–H and O–H groups in total. The van der Waals surface area contributed by atoms with Crippen molar-refractivity contribution in [2.75, 3.05) is 6.54 Å². The highest BCUT2D eigenvalue weighted by Crippen LogP contribution is 2.32. The van der Waals surface area contributed by atoms with Gasteiger partial charge in [-0.15, -0.1) is 0 Å². The molecule has 0 aliphatic carbocycles. The summed E-state index contributed by atoms with van der Waals surface area (Å²) >= 11 is 0. The van der Waals surface area contributed by atoms with Gasteiger partial charge in [0.15, 0.2) is 11.6 Å². The molecule has 1 aliphatic heterocycles. The first kappa shape index (κ1) is 15.6. The van der Waals surface area contributed by atoms with E-state index in [0.717, 1.165) is 28.5 Å². The number of halogens is 2.